The van der Waals surface area contributed by atoms with Crippen molar-refractivity contribution in [1.82, 2.24) is 15.2 Å². The quantitative estimate of drug-likeness (QED) is 0.279. The molecule has 3 N–H and O–H groups in total. The third kappa shape index (κ3) is 6.08. The zero-order valence-corrected chi connectivity index (χ0v) is 21.1. The van der Waals surface area contributed by atoms with Crippen molar-refractivity contribution >= 4 is 23.4 Å². The molecule has 1 aliphatic rings. The molecular formula is C28H28N4O4S. The molecule has 1 aliphatic heterocycles. The summed E-state index contributed by atoms with van der Waals surface area (Å²) in [4.78, 5) is 16.9. The first kappa shape index (κ1) is 25.2. The number of carbonyl (C=O) groups is 1. The van der Waals surface area contributed by atoms with Crippen LogP contribution < -0.4 is 5.32 Å². The molecule has 37 heavy (non-hydrogen) atoms. The molecule has 1 aromatic heterocycles. The standard InChI is InChI=1S/C28H28N4O4S/c1-18-24(16-37-28-29-17-30-32-28)35-27(36-25(18)20-12-10-19(15-33)11-13-20)22-8-5-9-23(14-22)31-26(34)21-6-3-2-4-7-21/h2-14,17-18,24-25,27,33H,15-16H2,1H3,(H,31,34)(H,29,30,32)/t18-,24+,25+,27+/m0/s1. The molecule has 0 unspecified atom stereocenters. The molecule has 0 saturated carbocycles. The van der Waals surface area contributed by atoms with Crippen molar-refractivity contribution in [1.29, 1.82) is 0 Å². The number of benzene rings is 3. The molecule has 0 radical (unpaired) electrons. The van der Waals surface area contributed by atoms with E-state index in [1.165, 1.54) is 6.33 Å². The number of aliphatic hydroxyl groups is 1. The largest absolute Gasteiger partial charge is 0.392 e. The smallest absolute Gasteiger partial charge is 0.255 e. The highest BCUT2D eigenvalue weighted by Crippen LogP contribution is 2.43. The molecule has 1 fully saturated rings. The fraction of sp³-hybridized carbons (Fsp3) is 0.250. The van der Waals surface area contributed by atoms with Gasteiger partial charge in [0.25, 0.3) is 5.91 Å². The number of nitrogens with one attached hydrogen (secondary N) is 2. The fourth-order valence-corrected chi connectivity index (χ4v) is 5.23. The van der Waals surface area contributed by atoms with E-state index in [4.69, 9.17) is 9.47 Å². The number of aromatic nitrogens is 3. The Morgan fingerprint density at radius 1 is 1.03 bits per heavy atom. The Kier molecular flexibility index (Phi) is 7.96. The van der Waals surface area contributed by atoms with E-state index >= 15 is 0 Å². The van der Waals surface area contributed by atoms with Gasteiger partial charge in [0.15, 0.2) is 11.4 Å². The van der Waals surface area contributed by atoms with E-state index in [1.54, 1.807) is 23.9 Å². The Labute approximate surface area is 219 Å². The number of aliphatic hydroxyl groups excluding tert-OH is 1. The van der Waals surface area contributed by atoms with Gasteiger partial charge in [0.05, 0.1) is 18.8 Å². The van der Waals surface area contributed by atoms with Crippen LogP contribution in [0.25, 0.3) is 0 Å². The maximum Gasteiger partial charge on any atom is 0.255 e. The van der Waals surface area contributed by atoms with Crippen molar-refractivity contribution in [2.45, 2.75) is 37.2 Å². The highest BCUT2D eigenvalue weighted by molar-refractivity contribution is 7.99. The SMILES string of the molecule is C[C@H]1[C@@H](CSc2ncn[nH]2)O[C@@H](c2cccc(NC(=O)c3ccccc3)c2)O[C@H]1c1ccc(CO)cc1. The number of hydrogen-bond acceptors (Lipinski definition) is 7. The minimum absolute atomic E-state index is 0.00889. The summed E-state index contributed by atoms with van der Waals surface area (Å²) in [7, 11) is 0. The predicted molar refractivity (Wildman–Crippen MR) is 141 cm³/mol. The van der Waals surface area contributed by atoms with Crippen LogP contribution in [0.15, 0.2) is 90.3 Å². The lowest BCUT2D eigenvalue weighted by molar-refractivity contribution is -0.268. The van der Waals surface area contributed by atoms with Crippen LogP contribution in [0.2, 0.25) is 0 Å². The lowest BCUT2D eigenvalue weighted by Gasteiger charge is -2.41. The minimum Gasteiger partial charge on any atom is -0.392 e. The lowest BCUT2D eigenvalue weighted by atomic mass is 9.91. The van der Waals surface area contributed by atoms with Gasteiger partial charge in [0, 0.05) is 28.5 Å². The second-order valence-electron chi connectivity index (χ2n) is 8.87. The zero-order chi connectivity index (χ0) is 25.6. The van der Waals surface area contributed by atoms with E-state index in [2.05, 4.69) is 27.4 Å². The molecule has 0 spiro atoms. The number of thioether (sulfide) groups is 1. The summed E-state index contributed by atoms with van der Waals surface area (Å²) in [5.74, 6) is 0.527. The highest BCUT2D eigenvalue weighted by Gasteiger charge is 2.38. The first-order valence-corrected chi connectivity index (χ1v) is 13.0. The van der Waals surface area contributed by atoms with Gasteiger partial charge in [-0.05, 0) is 35.4 Å². The molecule has 0 aliphatic carbocycles. The summed E-state index contributed by atoms with van der Waals surface area (Å²) >= 11 is 1.55. The van der Waals surface area contributed by atoms with Crippen molar-refractivity contribution < 1.29 is 19.4 Å². The van der Waals surface area contributed by atoms with Gasteiger partial charge in [-0.1, -0.05) is 73.3 Å². The molecule has 1 saturated heterocycles. The number of ether oxygens (including phenoxy) is 2. The van der Waals surface area contributed by atoms with Crippen LogP contribution in [0.5, 0.6) is 0 Å². The Balaban J connectivity index is 1.38. The Morgan fingerprint density at radius 2 is 1.84 bits per heavy atom. The highest BCUT2D eigenvalue weighted by atomic mass is 32.2. The monoisotopic (exact) mass is 516 g/mol. The number of rotatable bonds is 8. The Morgan fingerprint density at radius 3 is 2.57 bits per heavy atom. The molecular weight excluding hydrogens is 488 g/mol. The van der Waals surface area contributed by atoms with Crippen molar-refractivity contribution in [3.8, 4) is 0 Å². The fourth-order valence-electron chi connectivity index (χ4n) is 4.29. The third-order valence-corrected chi connectivity index (χ3v) is 7.32. The van der Waals surface area contributed by atoms with Crippen molar-refractivity contribution in [2.24, 2.45) is 5.92 Å². The Bertz CT molecular complexity index is 1300. The second-order valence-corrected chi connectivity index (χ2v) is 9.88. The molecule has 1 amide bonds. The topological polar surface area (TPSA) is 109 Å². The van der Waals surface area contributed by atoms with E-state index in [1.807, 2.05) is 66.7 Å². The van der Waals surface area contributed by atoms with Crippen molar-refractivity contribution in [3.05, 3.63) is 107 Å². The van der Waals surface area contributed by atoms with Gasteiger partial charge < -0.3 is 19.9 Å². The number of amides is 1. The van der Waals surface area contributed by atoms with Gasteiger partial charge in [0.1, 0.15) is 6.33 Å². The molecule has 3 aromatic carbocycles. The number of H-pyrrole nitrogens is 1. The van der Waals surface area contributed by atoms with Crippen LogP contribution in [0, 0.1) is 5.92 Å². The summed E-state index contributed by atoms with van der Waals surface area (Å²) in [6, 6.07) is 24.4. The Hall–Kier alpha value is -3.50. The summed E-state index contributed by atoms with van der Waals surface area (Å²) in [6.45, 7) is 2.11. The van der Waals surface area contributed by atoms with Crippen molar-refractivity contribution in [2.75, 3.05) is 11.1 Å². The van der Waals surface area contributed by atoms with E-state index in [-0.39, 0.29) is 30.6 Å². The number of anilines is 1. The molecule has 2 heterocycles. The molecule has 4 atom stereocenters. The summed E-state index contributed by atoms with van der Waals surface area (Å²) < 4.78 is 13.0. The maximum absolute atomic E-state index is 12.7. The van der Waals surface area contributed by atoms with Gasteiger partial charge in [-0.2, -0.15) is 5.10 Å². The molecule has 190 valence electrons. The summed E-state index contributed by atoms with van der Waals surface area (Å²) in [5, 5.41) is 19.9. The van der Waals surface area contributed by atoms with Crippen LogP contribution in [0.3, 0.4) is 0 Å². The molecule has 8 nitrogen and oxygen atoms in total. The number of aromatic amines is 1. The predicted octanol–water partition coefficient (Wildman–Crippen LogP) is 5.13. The molecule has 5 rings (SSSR count). The van der Waals surface area contributed by atoms with E-state index in [0.29, 0.717) is 17.0 Å². The summed E-state index contributed by atoms with van der Waals surface area (Å²) in [6.07, 6.45) is 0.487. The maximum atomic E-state index is 12.7. The number of nitrogens with zero attached hydrogens (tertiary/aromatic N) is 2. The average Bonchev–Trinajstić information content (AvgIpc) is 3.47. The van der Waals surface area contributed by atoms with E-state index in [0.717, 1.165) is 21.8 Å². The first-order valence-electron chi connectivity index (χ1n) is 12.1. The number of hydrogen-bond donors (Lipinski definition) is 3. The molecule has 0 bridgehead atoms. The molecule has 4 aromatic rings. The van der Waals surface area contributed by atoms with Gasteiger partial charge >= 0.3 is 0 Å². The minimum atomic E-state index is -0.632. The number of carbonyl (C=O) groups excluding carboxylic acids is 1. The second kappa shape index (κ2) is 11.7. The normalized spacial score (nSPS) is 21.5. The first-order chi connectivity index (χ1) is 18.1. The van der Waals surface area contributed by atoms with Crippen LogP contribution >= 0.6 is 11.8 Å². The van der Waals surface area contributed by atoms with Gasteiger partial charge in [0.2, 0.25) is 0 Å². The van der Waals surface area contributed by atoms with Crippen LogP contribution in [-0.2, 0) is 16.1 Å². The van der Waals surface area contributed by atoms with Crippen LogP contribution in [0.1, 0.15) is 46.4 Å². The molecule has 9 heteroatoms. The summed E-state index contributed by atoms with van der Waals surface area (Å²) in [5.41, 5.74) is 3.92. The van der Waals surface area contributed by atoms with E-state index < -0.39 is 6.29 Å². The van der Waals surface area contributed by atoms with Crippen molar-refractivity contribution in [3.63, 3.8) is 0 Å². The third-order valence-electron chi connectivity index (χ3n) is 6.35. The van der Waals surface area contributed by atoms with Gasteiger partial charge in [-0.25, -0.2) is 4.98 Å². The van der Waals surface area contributed by atoms with Gasteiger partial charge in [-0.3, -0.25) is 9.89 Å². The van der Waals surface area contributed by atoms with Crippen LogP contribution in [-0.4, -0.2) is 38.1 Å². The lowest BCUT2D eigenvalue weighted by Crippen LogP contribution is -2.38. The van der Waals surface area contributed by atoms with Gasteiger partial charge in [-0.15, -0.1) is 0 Å². The van der Waals surface area contributed by atoms with Crippen LogP contribution in [0.4, 0.5) is 5.69 Å². The zero-order valence-electron chi connectivity index (χ0n) is 20.3. The van der Waals surface area contributed by atoms with E-state index in [9.17, 15) is 9.90 Å². The average molecular weight is 517 g/mol.